The second kappa shape index (κ2) is 6.75. The summed E-state index contributed by atoms with van der Waals surface area (Å²) in [6.07, 6.45) is -0.664. The minimum Gasteiger partial charge on any atom is -0.476 e. The van der Waals surface area contributed by atoms with Gasteiger partial charge in [-0.05, 0) is 19.4 Å². The predicted octanol–water partition coefficient (Wildman–Crippen LogP) is 2.91. The van der Waals surface area contributed by atoms with E-state index in [2.05, 4.69) is 10.4 Å². The number of hydrogen-bond donors (Lipinski definition) is 2. The Morgan fingerprint density at radius 2 is 2.00 bits per heavy atom. The summed E-state index contributed by atoms with van der Waals surface area (Å²) in [4.78, 5) is 22.8. The van der Waals surface area contributed by atoms with E-state index in [0.29, 0.717) is 0 Å². The summed E-state index contributed by atoms with van der Waals surface area (Å²) >= 11 is 0. The highest BCUT2D eigenvalue weighted by Gasteiger charge is 2.17. The molecule has 0 saturated carbocycles. The average molecular weight is 303 g/mol. The molecular formula is C15H17N3O4. The molecule has 0 saturated heterocycles. The van der Waals surface area contributed by atoms with Crippen LogP contribution < -0.4 is 5.32 Å². The van der Waals surface area contributed by atoms with Crippen LogP contribution in [0.3, 0.4) is 0 Å². The maximum atomic E-state index is 11.8. The first-order valence-electron chi connectivity index (χ1n) is 6.78. The maximum Gasteiger partial charge on any atom is 0.413 e. The van der Waals surface area contributed by atoms with E-state index in [1.54, 1.807) is 0 Å². The summed E-state index contributed by atoms with van der Waals surface area (Å²) in [7, 11) is 0. The lowest BCUT2D eigenvalue weighted by atomic mass is 10.2. The van der Waals surface area contributed by atoms with Crippen LogP contribution in [0.5, 0.6) is 0 Å². The van der Waals surface area contributed by atoms with Crippen molar-refractivity contribution in [3.63, 3.8) is 0 Å². The molecule has 1 heterocycles. The second-order valence-electron chi connectivity index (χ2n) is 4.95. The van der Waals surface area contributed by atoms with E-state index in [-0.39, 0.29) is 24.2 Å². The van der Waals surface area contributed by atoms with Crippen molar-refractivity contribution in [3.8, 4) is 0 Å². The lowest BCUT2D eigenvalue weighted by Gasteiger charge is -2.11. The molecule has 0 radical (unpaired) electrons. The normalized spacial score (nSPS) is 10.5. The van der Waals surface area contributed by atoms with Crippen molar-refractivity contribution in [2.24, 2.45) is 0 Å². The summed E-state index contributed by atoms with van der Waals surface area (Å²) in [6.45, 7) is 3.80. The molecule has 0 spiro atoms. The minimum atomic E-state index is -1.15. The number of carbonyl (C=O) groups is 2. The van der Waals surface area contributed by atoms with Gasteiger partial charge in [0.15, 0.2) is 5.69 Å². The molecule has 0 aliphatic heterocycles. The molecule has 0 bridgehead atoms. The molecule has 7 nitrogen and oxygen atoms in total. The zero-order valence-corrected chi connectivity index (χ0v) is 12.3. The van der Waals surface area contributed by atoms with Gasteiger partial charge < -0.3 is 9.84 Å². The molecule has 1 aromatic carbocycles. The smallest absolute Gasteiger partial charge is 0.413 e. The van der Waals surface area contributed by atoms with Crippen molar-refractivity contribution in [2.75, 3.05) is 5.32 Å². The van der Waals surface area contributed by atoms with Gasteiger partial charge in [-0.2, -0.15) is 5.10 Å². The molecule has 0 fully saturated rings. The number of anilines is 1. The van der Waals surface area contributed by atoms with Crippen LogP contribution >= 0.6 is 0 Å². The van der Waals surface area contributed by atoms with Crippen molar-refractivity contribution < 1.29 is 19.4 Å². The van der Waals surface area contributed by atoms with E-state index in [9.17, 15) is 9.59 Å². The molecule has 0 atom stereocenters. The number of hydrogen-bond acceptors (Lipinski definition) is 4. The van der Waals surface area contributed by atoms with E-state index in [4.69, 9.17) is 9.84 Å². The highest BCUT2D eigenvalue weighted by atomic mass is 16.5. The zero-order chi connectivity index (χ0) is 16.1. The second-order valence-corrected chi connectivity index (χ2v) is 4.95. The molecule has 2 aromatic rings. The van der Waals surface area contributed by atoms with Crippen molar-refractivity contribution in [2.45, 2.75) is 26.5 Å². The fourth-order valence-electron chi connectivity index (χ4n) is 1.85. The number of carboxylic acid groups (broad SMARTS) is 1. The third-order valence-corrected chi connectivity index (χ3v) is 2.89. The van der Waals surface area contributed by atoms with Crippen LogP contribution in [0.25, 0.3) is 0 Å². The third kappa shape index (κ3) is 3.85. The van der Waals surface area contributed by atoms with Crippen LogP contribution in [-0.4, -0.2) is 26.9 Å². The van der Waals surface area contributed by atoms with E-state index >= 15 is 0 Å². The summed E-state index contributed by atoms with van der Waals surface area (Å²) in [5.41, 5.74) is 0.730. The molecule has 2 N–H and O–H groups in total. The van der Waals surface area contributed by atoms with Crippen LogP contribution in [0.1, 0.15) is 35.9 Å². The molecule has 0 aliphatic rings. The first-order valence-corrected chi connectivity index (χ1v) is 6.78. The number of amides is 1. The van der Waals surface area contributed by atoms with Gasteiger partial charge in [-0.3, -0.25) is 5.32 Å². The highest BCUT2D eigenvalue weighted by molar-refractivity contribution is 5.89. The number of carboxylic acids is 1. The number of nitrogens with zero attached hydrogens (tertiary/aromatic N) is 2. The lowest BCUT2D eigenvalue weighted by Crippen LogP contribution is -2.17. The molecule has 0 unspecified atom stereocenters. The van der Waals surface area contributed by atoms with Crippen LogP contribution in [0.4, 0.5) is 10.6 Å². The van der Waals surface area contributed by atoms with Gasteiger partial charge in [0.1, 0.15) is 12.4 Å². The number of nitrogens with one attached hydrogen (secondary N) is 1. The average Bonchev–Trinajstić information content (AvgIpc) is 2.90. The fourth-order valence-corrected chi connectivity index (χ4v) is 1.85. The minimum absolute atomic E-state index is 0.0995. The molecule has 7 heteroatoms. The van der Waals surface area contributed by atoms with Crippen molar-refractivity contribution >= 4 is 17.9 Å². The van der Waals surface area contributed by atoms with E-state index in [1.165, 1.54) is 10.7 Å². The van der Waals surface area contributed by atoms with Gasteiger partial charge in [0, 0.05) is 12.1 Å². The van der Waals surface area contributed by atoms with Gasteiger partial charge in [-0.25, -0.2) is 14.3 Å². The van der Waals surface area contributed by atoms with Gasteiger partial charge in [0.05, 0.1) is 0 Å². The predicted molar refractivity (Wildman–Crippen MR) is 79.8 cm³/mol. The number of rotatable bonds is 5. The van der Waals surface area contributed by atoms with E-state index < -0.39 is 12.1 Å². The Kier molecular flexibility index (Phi) is 4.77. The molecular weight excluding hydrogens is 286 g/mol. The number of aromatic carboxylic acids is 1. The topological polar surface area (TPSA) is 93.5 Å². The number of carbonyl (C=O) groups excluding carboxylic acids is 1. The summed E-state index contributed by atoms with van der Waals surface area (Å²) in [5, 5.41) is 15.4. The van der Waals surface area contributed by atoms with Crippen LogP contribution in [0, 0.1) is 0 Å². The van der Waals surface area contributed by atoms with E-state index in [0.717, 1.165) is 5.56 Å². The van der Waals surface area contributed by atoms with Gasteiger partial charge in [-0.1, -0.05) is 30.3 Å². The van der Waals surface area contributed by atoms with Gasteiger partial charge in [0.2, 0.25) is 0 Å². The number of benzene rings is 1. The van der Waals surface area contributed by atoms with Gasteiger partial charge in [0.25, 0.3) is 0 Å². The largest absolute Gasteiger partial charge is 0.476 e. The SMILES string of the molecule is CC(C)n1nc(C(=O)O)cc1NC(=O)OCc1ccccc1. The monoisotopic (exact) mass is 303 g/mol. The summed E-state index contributed by atoms with van der Waals surface area (Å²) in [5.74, 6) is -0.870. The summed E-state index contributed by atoms with van der Waals surface area (Å²) in [6, 6.07) is 10.5. The Morgan fingerprint density at radius 1 is 1.32 bits per heavy atom. The van der Waals surface area contributed by atoms with Crippen molar-refractivity contribution in [1.82, 2.24) is 9.78 Å². The maximum absolute atomic E-state index is 11.8. The first kappa shape index (κ1) is 15.6. The Morgan fingerprint density at radius 3 is 2.59 bits per heavy atom. The molecule has 116 valence electrons. The Balaban J connectivity index is 2.03. The molecule has 22 heavy (non-hydrogen) atoms. The zero-order valence-electron chi connectivity index (χ0n) is 12.3. The van der Waals surface area contributed by atoms with Crippen LogP contribution in [0.15, 0.2) is 36.4 Å². The number of aromatic nitrogens is 2. The van der Waals surface area contributed by atoms with Crippen LogP contribution in [-0.2, 0) is 11.3 Å². The van der Waals surface area contributed by atoms with Crippen LogP contribution in [0.2, 0.25) is 0 Å². The Labute approximate surface area is 127 Å². The molecule has 1 amide bonds. The quantitative estimate of drug-likeness (QED) is 0.885. The van der Waals surface area contributed by atoms with Gasteiger partial charge >= 0.3 is 12.1 Å². The summed E-state index contributed by atoms with van der Waals surface area (Å²) < 4.78 is 6.52. The lowest BCUT2D eigenvalue weighted by molar-refractivity contribution is 0.0689. The third-order valence-electron chi connectivity index (χ3n) is 2.89. The fraction of sp³-hybridized carbons (Fsp3) is 0.267. The highest BCUT2D eigenvalue weighted by Crippen LogP contribution is 2.17. The number of ether oxygens (including phenoxy) is 1. The molecule has 2 rings (SSSR count). The standard InChI is InChI=1S/C15H17N3O4/c1-10(2)18-13(8-12(17-18)14(19)20)16-15(21)22-9-11-6-4-3-5-7-11/h3-8,10H,9H2,1-2H3,(H,16,21)(H,19,20). The van der Waals surface area contributed by atoms with E-state index in [1.807, 2.05) is 44.2 Å². The van der Waals surface area contributed by atoms with Gasteiger partial charge in [-0.15, -0.1) is 0 Å². The van der Waals surface area contributed by atoms with Crippen molar-refractivity contribution in [1.29, 1.82) is 0 Å². The Hall–Kier alpha value is -2.83. The Bertz CT molecular complexity index is 665. The first-order chi connectivity index (χ1) is 10.5. The molecule has 1 aromatic heterocycles. The molecule has 0 aliphatic carbocycles. The van der Waals surface area contributed by atoms with Crippen molar-refractivity contribution in [3.05, 3.63) is 47.7 Å².